The highest BCUT2D eigenvalue weighted by atomic mass is 19.1. The molecule has 0 aliphatic carbocycles. The molecule has 0 spiro atoms. The van der Waals surface area contributed by atoms with Crippen LogP contribution in [-0.2, 0) is 9.59 Å². The van der Waals surface area contributed by atoms with E-state index in [1.807, 2.05) is 0 Å². The molecule has 1 saturated heterocycles. The summed E-state index contributed by atoms with van der Waals surface area (Å²) in [6.45, 7) is 1.95. The first-order valence-electron chi connectivity index (χ1n) is 7.90. The van der Waals surface area contributed by atoms with E-state index in [1.165, 1.54) is 13.0 Å². The topological polar surface area (TPSA) is 78.1 Å². The molecule has 2 amide bonds. The van der Waals surface area contributed by atoms with Crippen molar-refractivity contribution in [2.45, 2.75) is 25.8 Å². The minimum absolute atomic E-state index is 0.0327. The Kier molecular flexibility index (Phi) is 4.59. The summed E-state index contributed by atoms with van der Waals surface area (Å²) in [6.07, 6.45) is 3.21. The molecule has 126 valence electrons. The van der Waals surface area contributed by atoms with Crippen LogP contribution in [0.5, 0.6) is 0 Å². The molecule has 0 saturated carbocycles. The first kappa shape index (κ1) is 16.2. The summed E-state index contributed by atoms with van der Waals surface area (Å²) in [6, 6.07) is 6.31. The fraction of sp³-hybridized carbons (Fsp3) is 0.353. The standard InChI is InChI=1S/C17H19FN4O2/c1-11(23)19-10-16(24)22-8-4-7-15(22)17-13(9-20-21-17)12-5-2-3-6-14(12)18/h2-3,5-6,9,15H,4,7-8,10H2,1H3,(H,19,23)(H,20,21). The minimum atomic E-state index is -0.325. The van der Waals surface area contributed by atoms with Gasteiger partial charge in [-0.3, -0.25) is 14.7 Å². The zero-order chi connectivity index (χ0) is 17.1. The maximum absolute atomic E-state index is 14.1. The van der Waals surface area contributed by atoms with E-state index >= 15 is 0 Å². The first-order chi connectivity index (χ1) is 11.6. The lowest BCUT2D eigenvalue weighted by Gasteiger charge is -2.25. The molecule has 2 N–H and O–H groups in total. The smallest absolute Gasteiger partial charge is 0.242 e. The highest BCUT2D eigenvalue weighted by molar-refractivity contribution is 5.84. The van der Waals surface area contributed by atoms with Gasteiger partial charge in [-0.15, -0.1) is 0 Å². The monoisotopic (exact) mass is 330 g/mol. The van der Waals surface area contributed by atoms with Crippen LogP contribution in [0.1, 0.15) is 31.5 Å². The third-order valence-electron chi connectivity index (χ3n) is 4.23. The number of nitrogens with one attached hydrogen (secondary N) is 2. The van der Waals surface area contributed by atoms with Gasteiger partial charge in [-0.05, 0) is 18.9 Å². The molecule has 1 unspecified atom stereocenters. The van der Waals surface area contributed by atoms with Crippen LogP contribution in [0.2, 0.25) is 0 Å². The van der Waals surface area contributed by atoms with Crippen LogP contribution in [0.15, 0.2) is 30.5 Å². The second-order valence-corrected chi connectivity index (χ2v) is 5.83. The van der Waals surface area contributed by atoms with Crippen LogP contribution in [0.4, 0.5) is 4.39 Å². The van der Waals surface area contributed by atoms with Crippen molar-refractivity contribution in [3.63, 3.8) is 0 Å². The number of aromatic amines is 1. The van der Waals surface area contributed by atoms with E-state index in [0.717, 1.165) is 18.5 Å². The predicted molar refractivity (Wildman–Crippen MR) is 86.4 cm³/mol. The zero-order valence-electron chi connectivity index (χ0n) is 13.4. The van der Waals surface area contributed by atoms with Crippen molar-refractivity contribution in [1.82, 2.24) is 20.4 Å². The zero-order valence-corrected chi connectivity index (χ0v) is 13.4. The molecule has 1 atom stereocenters. The SMILES string of the molecule is CC(=O)NCC(=O)N1CCCC1c1[nH]ncc1-c1ccccc1F. The van der Waals surface area contributed by atoms with E-state index in [1.54, 1.807) is 29.3 Å². The number of hydrogen-bond acceptors (Lipinski definition) is 3. The maximum atomic E-state index is 14.1. The van der Waals surface area contributed by atoms with Crippen molar-refractivity contribution in [3.05, 3.63) is 42.0 Å². The largest absolute Gasteiger partial charge is 0.347 e. The Morgan fingerprint density at radius 2 is 2.17 bits per heavy atom. The van der Waals surface area contributed by atoms with Crippen LogP contribution in [-0.4, -0.2) is 40.0 Å². The van der Waals surface area contributed by atoms with E-state index in [4.69, 9.17) is 0 Å². The van der Waals surface area contributed by atoms with Crippen molar-refractivity contribution >= 4 is 11.8 Å². The van der Waals surface area contributed by atoms with E-state index in [9.17, 15) is 14.0 Å². The Balaban J connectivity index is 1.87. The number of benzene rings is 1. The van der Waals surface area contributed by atoms with E-state index in [2.05, 4.69) is 15.5 Å². The fourth-order valence-electron chi connectivity index (χ4n) is 3.11. The van der Waals surface area contributed by atoms with Gasteiger partial charge >= 0.3 is 0 Å². The number of carbonyl (C=O) groups excluding carboxylic acids is 2. The van der Waals surface area contributed by atoms with E-state index in [0.29, 0.717) is 17.7 Å². The summed E-state index contributed by atoms with van der Waals surface area (Å²) in [5, 5.41) is 9.51. The molecule has 2 aromatic rings. The Morgan fingerprint density at radius 3 is 2.92 bits per heavy atom. The molecule has 0 radical (unpaired) electrons. The first-order valence-corrected chi connectivity index (χ1v) is 7.90. The number of hydrogen-bond donors (Lipinski definition) is 2. The number of nitrogens with zero attached hydrogens (tertiary/aromatic N) is 2. The van der Waals surface area contributed by atoms with Crippen molar-refractivity contribution in [2.24, 2.45) is 0 Å². The highest BCUT2D eigenvalue weighted by Gasteiger charge is 2.33. The number of halogens is 1. The molecule has 1 fully saturated rings. The molecule has 1 aromatic carbocycles. The Hall–Kier alpha value is -2.70. The Bertz CT molecular complexity index is 759. The molecule has 0 bridgehead atoms. The van der Waals surface area contributed by atoms with E-state index in [-0.39, 0.29) is 30.2 Å². The van der Waals surface area contributed by atoms with Gasteiger partial charge in [0, 0.05) is 24.6 Å². The molecule has 24 heavy (non-hydrogen) atoms. The van der Waals surface area contributed by atoms with Crippen molar-refractivity contribution in [2.75, 3.05) is 13.1 Å². The highest BCUT2D eigenvalue weighted by Crippen LogP contribution is 2.37. The van der Waals surface area contributed by atoms with Gasteiger partial charge in [0.1, 0.15) is 5.82 Å². The third-order valence-corrected chi connectivity index (χ3v) is 4.23. The molecular formula is C17H19FN4O2. The Morgan fingerprint density at radius 1 is 1.38 bits per heavy atom. The minimum Gasteiger partial charge on any atom is -0.347 e. The molecule has 1 aliphatic heterocycles. The van der Waals surface area contributed by atoms with E-state index < -0.39 is 0 Å². The van der Waals surface area contributed by atoms with Crippen LogP contribution in [0.3, 0.4) is 0 Å². The average molecular weight is 330 g/mol. The average Bonchev–Trinajstić information content (AvgIpc) is 3.21. The summed E-state index contributed by atoms with van der Waals surface area (Å²) >= 11 is 0. The van der Waals surface area contributed by atoms with Crippen molar-refractivity contribution < 1.29 is 14.0 Å². The molecule has 3 rings (SSSR count). The van der Waals surface area contributed by atoms with Crippen molar-refractivity contribution in [3.8, 4) is 11.1 Å². The molecule has 1 aliphatic rings. The summed E-state index contributed by atoms with van der Waals surface area (Å²) in [5.74, 6) is -0.719. The molecule has 7 heteroatoms. The van der Waals surface area contributed by atoms with Crippen LogP contribution >= 0.6 is 0 Å². The third kappa shape index (κ3) is 3.15. The van der Waals surface area contributed by atoms with Gasteiger partial charge in [0.15, 0.2) is 0 Å². The number of carbonyl (C=O) groups is 2. The van der Waals surface area contributed by atoms with Gasteiger partial charge in [-0.2, -0.15) is 5.10 Å². The van der Waals surface area contributed by atoms with Gasteiger partial charge in [0.05, 0.1) is 24.5 Å². The van der Waals surface area contributed by atoms with Gasteiger partial charge < -0.3 is 10.2 Å². The lowest BCUT2D eigenvalue weighted by molar-refractivity contribution is -0.133. The van der Waals surface area contributed by atoms with Crippen molar-refractivity contribution in [1.29, 1.82) is 0 Å². The number of aromatic nitrogens is 2. The number of likely N-dealkylation sites (tertiary alicyclic amines) is 1. The molecular weight excluding hydrogens is 311 g/mol. The van der Waals surface area contributed by atoms with Gasteiger partial charge in [-0.1, -0.05) is 18.2 Å². The van der Waals surface area contributed by atoms with Crippen LogP contribution in [0.25, 0.3) is 11.1 Å². The molecule has 1 aromatic heterocycles. The van der Waals surface area contributed by atoms with Gasteiger partial charge in [0.2, 0.25) is 11.8 Å². The molecule has 2 heterocycles. The second-order valence-electron chi connectivity index (χ2n) is 5.83. The van der Waals surface area contributed by atoms with Crippen LogP contribution in [0, 0.1) is 5.82 Å². The number of rotatable bonds is 4. The number of amides is 2. The summed E-state index contributed by atoms with van der Waals surface area (Å²) in [4.78, 5) is 25.1. The normalized spacial score (nSPS) is 17.1. The van der Waals surface area contributed by atoms with Crippen LogP contribution < -0.4 is 5.32 Å². The maximum Gasteiger partial charge on any atom is 0.242 e. The second kappa shape index (κ2) is 6.82. The summed E-state index contributed by atoms with van der Waals surface area (Å²) in [5.41, 5.74) is 1.86. The predicted octanol–water partition coefficient (Wildman–Crippen LogP) is 2.02. The number of H-pyrrole nitrogens is 1. The summed E-state index contributed by atoms with van der Waals surface area (Å²) in [7, 11) is 0. The lowest BCUT2D eigenvalue weighted by atomic mass is 10.0. The van der Waals surface area contributed by atoms with Gasteiger partial charge in [0.25, 0.3) is 0 Å². The quantitative estimate of drug-likeness (QED) is 0.900. The lowest BCUT2D eigenvalue weighted by Crippen LogP contribution is -2.39. The molecule has 6 nitrogen and oxygen atoms in total. The summed E-state index contributed by atoms with van der Waals surface area (Å²) < 4.78 is 14.1. The van der Waals surface area contributed by atoms with Gasteiger partial charge in [-0.25, -0.2) is 4.39 Å². The Labute approximate surface area is 139 Å². The fourth-order valence-corrected chi connectivity index (χ4v) is 3.11.